The number of anilines is 3. The lowest BCUT2D eigenvalue weighted by Crippen LogP contribution is -2.43. The highest BCUT2D eigenvalue weighted by Gasteiger charge is 2.21. The minimum atomic E-state index is -0.475. The van der Waals surface area contributed by atoms with Crippen LogP contribution in [-0.2, 0) is 0 Å². The number of carbonyl (C=O) groups excluding carboxylic acids is 1. The minimum Gasteiger partial charge on any atom is -0.490 e. The summed E-state index contributed by atoms with van der Waals surface area (Å²) in [5.41, 5.74) is 3.23. The maximum absolute atomic E-state index is 12.8. The van der Waals surface area contributed by atoms with E-state index in [1.165, 1.54) is 0 Å². The van der Waals surface area contributed by atoms with Crippen molar-refractivity contribution in [2.75, 3.05) is 61.5 Å². The van der Waals surface area contributed by atoms with Gasteiger partial charge < -0.3 is 29.6 Å². The number of nitrogens with zero attached hydrogens (tertiary/aromatic N) is 5. The van der Waals surface area contributed by atoms with E-state index in [1.807, 2.05) is 31.3 Å². The molecular weight excluding hydrogens is 398 g/mol. The Bertz CT molecular complexity index is 1090. The summed E-state index contributed by atoms with van der Waals surface area (Å²) in [5.74, 6) is 0.433. The van der Waals surface area contributed by atoms with Crippen LogP contribution in [0.15, 0.2) is 41.1 Å². The molecule has 0 spiro atoms. The third-order valence-corrected chi connectivity index (χ3v) is 5.43. The number of fused-ring (bicyclic) bond motifs is 1. The molecule has 5 rings (SSSR count). The van der Waals surface area contributed by atoms with Gasteiger partial charge in [-0.25, -0.2) is 0 Å². The predicted molar refractivity (Wildman–Crippen MR) is 116 cm³/mol. The molecule has 10 nitrogen and oxygen atoms in total. The van der Waals surface area contributed by atoms with Crippen LogP contribution in [0.25, 0.3) is 11.5 Å². The maximum Gasteiger partial charge on any atom is 0.313 e. The van der Waals surface area contributed by atoms with Crippen LogP contribution in [0.5, 0.6) is 5.75 Å². The Morgan fingerprint density at radius 3 is 2.87 bits per heavy atom. The molecule has 0 radical (unpaired) electrons. The van der Waals surface area contributed by atoms with Gasteiger partial charge in [-0.2, -0.15) is 0 Å². The Morgan fingerprint density at radius 1 is 1.13 bits per heavy atom. The van der Waals surface area contributed by atoms with E-state index >= 15 is 0 Å². The van der Waals surface area contributed by atoms with E-state index < -0.39 is 5.91 Å². The minimum absolute atomic E-state index is 0.110. The van der Waals surface area contributed by atoms with E-state index in [9.17, 15) is 4.79 Å². The molecule has 1 fully saturated rings. The van der Waals surface area contributed by atoms with Crippen molar-refractivity contribution in [1.29, 1.82) is 0 Å². The van der Waals surface area contributed by atoms with Crippen LogP contribution in [0.3, 0.4) is 0 Å². The average molecular weight is 421 g/mol. The number of likely N-dealkylation sites (N-methyl/N-ethyl adjacent to an activating group) is 1. The maximum atomic E-state index is 12.8. The number of benzene rings is 1. The average Bonchev–Trinajstić information content (AvgIpc) is 3.31. The molecule has 0 saturated carbocycles. The number of piperazine rings is 1. The van der Waals surface area contributed by atoms with E-state index in [2.05, 4.69) is 35.6 Å². The van der Waals surface area contributed by atoms with Crippen molar-refractivity contribution in [3.63, 3.8) is 0 Å². The smallest absolute Gasteiger partial charge is 0.313 e. The largest absolute Gasteiger partial charge is 0.490 e. The van der Waals surface area contributed by atoms with Crippen LogP contribution in [-0.4, -0.2) is 67.5 Å². The molecule has 3 aromatic rings. The predicted octanol–water partition coefficient (Wildman–Crippen LogP) is 1.62. The molecule has 31 heavy (non-hydrogen) atoms. The third kappa shape index (κ3) is 3.89. The lowest BCUT2D eigenvalue weighted by molar-refractivity contribution is 0.0991. The Labute approximate surface area is 179 Å². The van der Waals surface area contributed by atoms with Crippen LogP contribution in [0.1, 0.15) is 10.7 Å². The molecule has 2 aromatic heterocycles. The molecule has 160 valence electrons. The summed E-state index contributed by atoms with van der Waals surface area (Å²) in [6.45, 7) is 4.94. The molecule has 0 bridgehead atoms. The number of pyridine rings is 1. The summed E-state index contributed by atoms with van der Waals surface area (Å²) in [7, 11) is 2.02. The first-order chi connectivity index (χ1) is 15.2. The monoisotopic (exact) mass is 421 g/mol. The van der Waals surface area contributed by atoms with Gasteiger partial charge in [-0.15, -0.1) is 10.2 Å². The van der Waals surface area contributed by atoms with Gasteiger partial charge in [0.15, 0.2) is 0 Å². The molecule has 4 heterocycles. The number of aromatic nitrogens is 3. The normalized spacial score (nSPS) is 15.9. The second-order valence-corrected chi connectivity index (χ2v) is 7.45. The van der Waals surface area contributed by atoms with Gasteiger partial charge in [0.05, 0.1) is 29.8 Å². The topological polar surface area (TPSA) is 109 Å². The first-order valence-corrected chi connectivity index (χ1v) is 10.2. The molecule has 0 atom stereocenters. The summed E-state index contributed by atoms with van der Waals surface area (Å²) < 4.78 is 11.4. The van der Waals surface area contributed by atoms with Gasteiger partial charge in [0.2, 0.25) is 5.89 Å². The van der Waals surface area contributed by atoms with Crippen LogP contribution in [0, 0.1) is 0 Å². The number of amides is 1. The number of hydrogen-bond acceptors (Lipinski definition) is 9. The summed E-state index contributed by atoms with van der Waals surface area (Å²) >= 11 is 0. The lowest BCUT2D eigenvalue weighted by Gasteiger charge is -2.30. The second kappa shape index (κ2) is 8.23. The van der Waals surface area contributed by atoms with Crippen LogP contribution in [0.2, 0.25) is 0 Å². The number of hydrogen-bond donors (Lipinski definition) is 2. The van der Waals surface area contributed by atoms with E-state index in [-0.39, 0.29) is 11.8 Å². The first kappa shape index (κ1) is 19.3. The van der Waals surface area contributed by atoms with Crippen molar-refractivity contribution in [3.8, 4) is 17.2 Å². The number of rotatable bonds is 4. The van der Waals surface area contributed by atoms with E-state index in [0.717, 1.165) is 49.8 Å². The van der Waals surface area contributed by atoms with E-state index in [1.54, 1.807) is 12.4 Å². The molecule has 2 aliphatic heterocycles. The van der Waals surface area contributed by atoms with Gasteiger partial charge in [0.1, 0.15) is 12.4 Å². The molecule has 0 aliphatic carbocycles. The van der Waals surface area contributed by atoms with Crippen molar-refractivity contribution in [2.45, 2.75) is 0 Å². The fourth-order valence-corrected chi connectivity index (χ4v) is 3.76. The second-order valence-electron chi connectivity index (χ2n) is 7.45. The number of carbonyl (C=O) groups is 1. The zero-order valence-electron chi connectivity index (χ0n) is 17.2. The zero-order valence-corrected chi connectivity index (χ0v) is 17.2. The Hall–Kier alpha value is -3.66. The number of nitrogens with one attached hydrogen (secondary N) is 2. The summed E-state index contributed by atoms with van der Waals surface area (Å²) in [6.07, 6.45) is 3.34. The molecule has 2 aliphatic rings. The molecule has 0 unspecified atom stereocenters. The van der Waals surface area contributed by atoms with Gasteiger partial charge in [-0.1, -0.05) is 0 Å². The van der Waals surface area contributed by atoms with Crippen LogP contribution < -0.4 is 25.2 Å². The van der Waals surface area contributed by atoms with Crippen molar-refractivity contribution >= 4 is 23.0 Å². The van der Waals surface area contributed by atoms with Crippen molar-refractivity contribution in [1.82, 2.24) is 20.5 Å². The molecule has 2 N–H and O–H groups in total. The summed E-state index contributed by atoms with van der Waals surface area (Å²) in [5, 5.41) is 14.2. The van der Waals surface area contributed by atoms with Crippen LogP contribution >= 0.6 is 0 Å². The molecule has 1 saturated heterocycles. The Morgan fingerprint density at radius 2 is 2.00 bits per heavy atom. The molecule has 1 amide bonds. The third-order valence-electron chi connectivity index (χ3n) is 5.43. The van der Waals surface area contributed by atoms with Gasteiger partial charge in [0, 0.05) is 45.0 Å². The van der Waals surface area contributed by atoms with Crippen molar-refractivity contribution in [2.24, 2.45) is 0 Å². The summed E-state index contributed by atoms with van der Waals surface area (Å²) in [4.78, 5) is 21.2. The Kier molecular flexibility index (Phi) is 5.13. The van der Waals surface area contributed by atoms with Gasteiger partial charge >= 0.3 is 11.8 Å². The molecule has 1 aromatic carbocycles. The van der Waals surface area contributed by atoms with Gasteiger partial charge in [-0.05, 0) is 24.3 Å². The highest BCUT2D eigenvalue weighted by atomic mass is 16.5. The van der Waals surface area contributed by atoms with Crippen molar-refractivity contribution in [3.05, 3.63) is 42.5 Å². The fraction of sp³-hybridized carbons (Fsp3) is 0.333. The number of ether oxygens (including phenoxy) is 1. The quantitative estimate of drug-likeness (QED) is 0.649. The van der Waals surface area contributed by atoms with Crippen LogP contribution in [0.4, 0.5) is 17.1 Å². The fourth-order valence-electron chi connectivity index (χ4n) is 3.76. The van der Waals surface area contributed by atoms with Crippen molar-refractivity contribution < 1.29 is 13.9 Å². The first-order valence-electron chi connectivity index (χ1n) is 10.2. The summed E-state index contributed by atoms with van der Waals surface area (Å²) in [6, 6.07) is 7.57. The van der Waals surface area contributed by atoms with Gasteiger partial charge in [-0.3, -0.25) is 9.78 Å². The SMILES string of the molecule is CN1CCOc2cc(-c3nnc(C(=O)Nc4cnccc4N4CCNCC4)o3)ccc21. The lowest BCUT2D eigenvalue weighted by atomic mass is 10.1. The van der Waals surface area contributed by atoms with E-state index in [4.69, 9.17) is 9.15 Å². The van der Waals surface area contributed by atoms with Gasteiger partial charge in [0.25, 0.3) is 0 Å². The standard InChI is InChI=1S/C21H23N7O3/c1-27-10-11-30-18-12-14(2-3-17(18)27)20-25-26-21(31-20)19(29)24-15-13-23-5-4-16(15)28-8-6-22-7-9-28/h2-5,12-13,22H,6-11H2,1H3,(H,24,29). The van der Waals surface area contributed by atoms with E-state index in [0.29, 0.717) is 17.9 Å². The zero-order chi connectivity index (χ0) is 21.2. The highest BCUT2D eigenvalue weighted by Crippen LogP contribution is 2.34. The Balaban J connectivity index is 1.35. The molecular formula is C21H23N7O3. The highest BCUT2D eigenvalue weighted by molar-refractivity contribution is 6.02. The molecule has 10 heteroatoms.